The zero-order valence-corrected chi connectivity index (χ0v) is 16.3. The van der Waals surface area contributed by atoms with E-state index in [0.29, 0.717) is 26.8 Å². The predicted octanol–water partition coefficient (Wildman–Crippen LogP) is 2.39. The summed E-state index contributed by atoms with van der Waals surface area (Å²) in [5.41, 5.74) is 1.34. The Morgan fingerprint density at radius 1 is 0.964 bits per heavy atom. The van der Waals surface area contributed by atoms with Gasteiger partial charge >= 0.3 is 0 Å². The average molecular weight is 395 g/mol. The Balaban J connectivity index is 1.78. The third kappa shape index (κ3) is 3.18. The molecule has 4 aromatic rings. The molecule has 0 radical (unpaired) electrons. The summed E-state index contributed by atoms with van der Waals surface area (Å²) >= 11 is 1.27. The van der Waals surface area contributed by atoms with Crippen LogP contribution >= 0.6 is 11.3 Å². The lowest BCUT2D eigenvalue weighted by Gasteiger charge is -2.06. The van der Waals surface area contributed by atoms with E-state index in [0.717, 1.165) is 16.9 Å². The van der Waals surface area contributed by atoms with Crippen LogP contribution in [0.3, 0.4) is 0 Å². The van der Waals surface area contributed by atoms with Crippen LogP contribution < -0.4 is 24.3 Å². The number of rotatable bonds is 5. The number of methoxy groups -OCH3 is 3. The molecule has 4 rings (SSSR count). The lowest BCUT2D eigenvalue weighted by atomic mass is 10.2. The number of benzene rings is 2. The van der Waals surface area contributed by atoms with Gasteiger partial charge in [0.25, 0.3) is 5.56 Å². The largest absolute Gasteiger partial charge is 0.497 e. The molecule has 0 N–H and O–H groups in total. The minimum absolute atomic E-state index is 0.225. The molecule has 0 aliphatic rings. The third-order valence-electron chi connectivity index (χ3n) is 4.25. The van der Waals surface area contributed by atoms with Crippen LogP contribution in [0.1, 0.15) is 5.56 Å². The minimum Gasteiger partial charge on any atom is -0.497 e. The van der Waals surface area contributed by atoms with E-state index in [4.69, 9.17) is 14.2 Å². The van der Waals surface area contributed by atoms with E-state index in [9.17, 15) is 4.79 Å². The summed E-state index contributed by atoms with van der Waals surface area (Å²) < 4.78 is 17.6. The fourth-order valence-corrected chi connectivity index (χ4v) is 3.69. The van der Waals surface area contributed by atoms with Gasteiger partial charge in [-0.25, -0.2) is 0 Å². The normalized spacial score (nSPS) is 11.8. The highest BCUT2D eigenvalue weighted by Gasteiger charge is 2.13. The minimum atomic E-state index is -0.225. The molecule has 0 aliphatic heterocycles. The number of nitrogens with zero attached hydrogens (tertiary/aromatic N) is 3. The van der Waals surface area contributed by atoms with Gasteiger partial charge in [0.15, 0.2) is 5.82 Å². The van der Waals surface area contributed by atoms with Gasteiger partial charge in [-0.05, 0) is 48.5 Å². The topological polar surface area (TPSA) is 75.0 Å². The first-order chi connectivity index (χ1) is 13.6. The predicted molar refractivity (Wildman–Crippen MR) is 107 cm³/mol. The van der Waals surface area contributed by atoms with Crippen molar-refractivity contribution >= 4 is 22.4 Å². The molecular weight excluding hydrogens is 378 g/mol. The standard InChI is InChI=1S/C20H17N3O4S/c1-25-14-6-4-12(5-7-14)18-21-20-23(22-18)19(24)17(28-20)11-13-10-15(26-2)8-9-16(13)27-3/h4-11H,1-3H3. The van der Waals surface area contributed by atoms with Gasteiger partial charge in [0.1, 0.15) is 17.2 Å². The van der Waals surface area contributed by atoms with E-state index in [1.807, 2.05) is 30.3 Å². The van der Waals surface area contributed by atoms with E-state index in [-0.39, 0.29) is 5.56 Å². The van der Waals surface area contributed by atoms with Gasteiger partial charge < -0.3 is 14.2 Å². The van der Waals surface area contributed by atoms with E-state index in [2.05, 4.69) is 10.1 Å². The monoisotopic (exact) mass is 395 g/mol. The molecule has 28 heavy (non-hydrogen) atoms. The highest BCUT2D eigenvalue weighted by atomic mass is 32.1. The summed E-state index contributed by atoms with van der Waals surface area (Å²) in [7, 11) is 4.79. The lowest BCUT2D eigenvalue weighted by molar-refractivity contribution is 0.402. The maximum Gasteiger partial charge on any atom is 0.291 e. The van der Waals surface area contributed by atoms with Crippen LogP contribution in [0.2, 0.25) is 0 Å². The second kappa shape index (κ2) is 7.32. The maximum atomic E-state index is 12.8. The molecule has 0 saturated carbocycles. The molecule has 7 nitrogen and oxygen atoms in total. The van der Waals surface area contributed by atoms with Gasteiger partial charge in [0, 0.05) is 11.1 Å². The van der Waals surface area contributed by atoms with Crippen molar-refractivity contribution in [3.63, 3.8) is 0 Å². The molecule has 0 amide bonds. The number of aromatic nitrogens is 3. The molecule has 0 saturated heterocycles. The number of thiazole rings is 1. The Kier molecular flexibility index (Phi) is 4.70. The Hall–Kier alpha value is -3.39. The van der Waals surface area contributed by atoms with Gasteiger partial charge in [-0.15, -0.1) is 5.10 Å². The molecule has 0 bridgehead atoms. The van der Waals surface area contributed by atoms with Crippen LogP contribution in [0.4, 0.5) is 0 Å². The first-order valence-electron chi connectivity index (χ1n) is 8.40. The van der Waals surface area contributed by atoms with Gasteiger partial charge in [-0.1, -0.05) is 11.3 Å². The number of hydrogen-bond acceptors (Lipinski definition) is 7. The molecule has 8 heteroatoms. The Morgan fingerprint density at radius 2 is 1.68 bits per heavy atom. The molecular formula is C20H17N3O4S. The molecule has 0 atom stereocenters. The van der Waals surface area contributed by atoms with Crippen LogP contribution in [-0.2, 0) is 0 Å². The van der Waals surface area contributed by atoms with Crippen molar-refractivity contribution in [2.45, 2.75) is 0 Å². The summed E-state index contributed by atoms with van der Waals surface area (Å²) in [6.07, 6.45) is 1.76. The molecule has 2 heterocycles. The molecule has 0 fully saturated rings. The number of ether oxygens (including phenoxy) is 3. The Labute approximate surface area is 164 Å². The van der Waals surface area contributed by atoms with Crippen LogP contribution in [0, 0.1) is 0 Å². The van der Waals surface area contributed by atoms with E-state index in [1.165, 1.54) is 15.9 Å². The maximum absolute atomic E-state index is 12.8. The van der Waals surface area contributed by atoms with Gasteiger partial charge in [0.2, 0.25) is 4.96 Å². The highest BCUT2D eigenvalue weighted by Crippen LogP contribution is 2.25. The zero-order valence-electron chi connectivity index (χ0n) is 15.5. The van der Waals surface area contributed by atoms with Crippen LogP contribution in [0.5, 0.6) is 17.2 Å². The fraction of sp³-hybridized carbons (Fsp3) is 0.150. The number of hydrogen-bond donors (Lipinski definition) is 0. The van der Waals surface area contributed by atoms with Crippen molar-refractivity contribution in [1.82, 2.24) is 14.6 Å². The van der Waals surface area contributed by atoms with Crippen LogP contribution in [0.25, 0.3) is 22.4 Å². The Bertz CT molecular complexity index is 1250. The second-order valence-corrected chi connectivity index (χ2v) is 6.89. The van der Waals surface area contributed by atoms with Crippen molar-refractivity contribution < 1.29 is 14.2 Å². The van der Waals surface area contributed by atoms with Crippen molar-refractivity contribution in [3.8, 4) is 28.6 Å². The summed E-state index contributed by atoms with van der Waals surface area (Å²) in [4.78, 5) is 17.8. The molecule has 2 aromatic carbocycles. The third-order valence-corrected chi connectivity index (χ3v) is 5.21. The smallest absolute Gasteiger partial charge is 0.291 e. The molecule has 142 valence electrons. The summed E-state index contributed by atoms with van der Waals surface area (Å²) in [6.45, 7) is 0. The number of fused-ring (bicyclic) bond motifs is 1. The Morgan fingerprint density at radius 3 is 2.32 bits per heavy atom. The van der Waals surface area contributed by atoms with Crippen molar-refractivity contribution in [1.29, 1.82) is 0 Å². The first kappa shape index (κ1) is 18.0. The quantitative estimate of drug-likeness (QED) is 0.517. The molecule has 0 spiro atoms. The molecule has 0 unspecified atom stereocenters. The fourth-order valence-electron chi connectivity index (χ4n) is 2.79. The van der Waals surface area contributed by atoms with E-state index >= 15 is 0 Å². The average Bonchev–Trinajstić information content (AvgIpc) is 3.27. The van der Waals surface area contributed by atoms with Crippen molar-refractivity contribution in [2.75, 3.05) is 21.3 Å². The summed E-state index contributed by atoms with van der Waals surface area (Å²) in [5, 5.41) is 4.36. The SMILES string of the molecule is COc1ccc(-c2nc3sc(=Cc4cc(OC)ccc4OC)c(=O)n3n2)cc1. The van der Waals surface area contributed by atoms with Crippen LogP contribution in [-0.4, -0.2) is 35.9 Å². The van der Waals surface area contributed by atoms with Crippen molar-refractivity contribution in [2.24, 2.45) is 0 Å². The lowest BCUT2D eigenvalue weighted by Crippen LogP contribution is -2.23. The van der Waals surface area contributed by atoms with E-state index < -0.39 is 0 Å². The van der Waals surface area contributed by atoms with Crippen molar-refractivity contribution in [3.05, 3.63) is 62.9 Å². The zero-order chi connectivity index (χ0) is 19.7. The van der Waals surface area contributed by atoms with Crippen LogP contribution in [0.15, 0.2) is 47.3 Å². The molecule has 2 aromatic heterocycles. The highest BCUT2D eigenvalue weighted by molar-refractivity contribution is 7.15. The van der Waals surface area contributed by atoms with Gasteiger partial charge in [-0.2, -0.15) is 9.50 Å². The van der Waals surface area contributed by atoms with Gasteiger partial charge in [-0.3, -0.25) is 4.79 Å². The summed E-state index contributed by atoms with van der Waals surface area (Å²) in [6, 6.07) is 12.8. The second-order valence-electron chi connectivity index (χ2n) is 5.88. The summed E-state index contributed by atoms with van der Waals surface area (Å²) in [5.74, 6) is 2.58. The van der Waals surface area contributed by atoms with Gasteiger partial charge in [0.05, 0.1) is 25.9 Å². The van der Waals surface area contributed by atoms with E-state index in [1.54, 1.807) is 39.5 Å². The molecule has 0 aliphatic carbocycles. The first-order valence-corrected chi connectivity index (χ1v) is 9.22.